The van der Waals surface area contributed by atoms with Gasteiger partial charge in [0.05, 0.1) is 12.7 Å². The maximum Gasteiger partial charge on any atom is 0.191 e. The molecule has 2 aromatic rings. The van der Waals surface area contributed by atoms with Gasteiger partial charge in [-0.1, -0.05) is 31.2 Å². The lowest BCUT2D eigenvalue weighted by molar-refractivity contribution is 0.0657. The van der Waals surface area contributed by atoms with Crippen molar-refractivity contribution in [2.75, 3.05) is 13.6 Å². The molecule has 2 rings (SSSR count). The number of hydrogen-bond acceptors (Lipinski definition) is 3. The first kappa shape index (κ1) is 19.5. The third kappa shape index (κ3) is 6.88. The van der Waals surface area contributed by atoms with Crippen LogP contribution in [-0.4, -0.2) is 25.7 Å². The number of nitrogens with zero attached hydrogens (tertiary/aromatic N) is 1. The van der Waals surface area contributed by atoms with Crippen molar-refractivity contribution in [1.29, 1.82) is 0 Å². The molecule has 0 radical (unpaired) electrons. The van der Waals surface area contributed by atoms with Gasteiger partial charge in [-0.05, 0) is 53.3 Å². The Kier molecular flexibility index (Phi) is 7.95. The highest BCUT2D eigenvalue weighted by Crippen LogP contribution is 2.17. The molecule has 1 atom stereocenters. The van der Waals surface area contributed by atoms with Crippen LogP contribution in [0.15, 0.2) is 46.1 Å². The Bertz CT molecular complexity index is 635. The van der Waals surface area contributed by atoms with Gasteiger partial charge in [0.1, 0.15) is 0 Å². The molecule has 1 aromatic carbocycles. The minimum absolute atomic E-state index is 0.257. The van der Waals surface area contributed by atoms with E-state index in [2.05, 4.69) is 77.5 Å². The quantitative estimate of drug-likeness (QED) is 0.550. The summed E-state index contributed by atoms with van der Waals surface area (Å²) in [6, 6.07) is 10.7. The summed E-state index contributed by atoms with van der Waals surface area (Å²) >= 11 is 1.74. The average Bonchev–Trinajstić information content (AvgIpc) is 3.15. The van der Waals surface area contributed by atoms with E-state index in [4.69, 9.17) is 4.74 Å². The van der Waals surface area contributed by atoms with Gasteiger partial charge in [-0.15, -0.1) is 0 Å². The van der Waals surface area contributed by atoms with E-state index in [1.165, 1.54) is 16.7 Å². The first-order valence-corrected chi connectivity index (χ1v) is 9.68. The van der Waals surface area contributed by atoms with E-state index >= 15 is 0 Å². The van der Waals surface area contributed by atoms with Crippen molar-refractivity contribution in [3.8, 4) is 0 Å². The molecule has 0 aliphatic rings. The lowest BCUT2D eigenvalue weighted by Gasteiger charge is -2.15. The highest BCUT2D eigenvalue weighted by Gasteiger charge is 2.07. The number of nitrogens with one attached hydrogen (secondary N) is 2. The molecule has 1 aromatic heterocycles. The summed E-state index contributed by atoms with van der Waals surface area (Å²) in [6.45, 7) is 8.60. The van der Waals surface area contributed by atoms with Gasteiger partial charge in [-0.2, -0.15) is 11.3 Å². The van der Waals surface area contributed by atoms with Crippen molar-refractivity contribution < 1.29 is 4.74 Å². The molecule has 4 nitrogen and oxygen atoms in total. The highest BCUT2D eigenvalue weighted by atomic mass is 32.1. The van der Waals surface area contributed by atoms with Gasteiger partial charge in [0, 0.05) is 20.1 Å². The van der Waals surface area contributed by atoms with Crippen LogP contribution in [0.2, 0.25) is 0 Å². The number of hydrogen-bond donors (Lipinski definition) is 2. The zero-order valence-corrected chi connectivity index (χ0v) is 16.4. The predicted molar refractivity (Wildman–Crippen MR) is 107 cm³/mol. The van der Waals surface area contributed by atoms with E-state index in [9.17, 15) is 0 Å². The normalized spacial score (nSPS) is 13.1. The van der Waals surface area contributed by atoms with Crippen molar-refractivity contribution in [3.63, 3.8) is 0 Å². The summed E-state index contributed by atoms with van der Waals surface area (Å²) in [4.78, 5) is 4.30. The summed E-state index contributed by atoms with van der Waals surface area (Å²) in [7, 11) is 1.80. The largest absolute Gasteiger partial charge is 0.374 e. The van der Waals surface area contributed by atoms with Gasteiger partial charge in [-0.25, -0.2) is 0 Å². The molecule has 2 N–H and O–H groups in total. The Morgan fingerprint density at radius 1 is 1.08 bits per heavy atom. The number of aliphatic imine (C=N–C) groups is 1. The minimum atomic E-state index is 0.257. The van der Waals surface area contributed by atoms with E-state index < -0.39 is 0 Å². The molecule has 0 bridgehead atoms. The van der Waals surface area contributed by atoms with Crippen LogP contribution >= 0.6 is 11.3 Å². The van der Waals surface area contributed by atoms with Gasteiger partial charge in [-0.3, -0.25) is 4.99 Å². The molecule has 0 fully saturated rings. The van der Waals surface area contributed by atoms with E-state index in [-0.39, 0.29) is 6.10 Å². The fourth-order valence-corrected chi connectivity index (χ4v) is 3.13. The number of thiophene rings is 1. The number of guanidine groups is 1. The van der Waals surface area contributed by atoms with Crippen LogP contribution in [0.25, 0.3) is 0 Å². The van der Waals surface area contributed by atoms with Crippen molar-refractivity contribution in [3.05, 3.63) is 57.8 Å². The molecule has 0 aliphatic carbocycles. The summed E-state index contributed by atoms with van der Waals surface area (Å²) < 4.78 is 5.62. The molecule has 0 aliphatic heterocycles. The maximum absolute atomic E-state index is 5.62. The summed E-state index contributed by atoms with van der Waals surface area (Å²) in [5, 5.41) is 11.1. The zero-order valence-electron chi connectivity index (χ0n) is 15.6. The van der Waals surface area contributed by atoms with Crippen LogP contribution in [0.3, 0.4) is 0 Å². The molecule has 0 amide bonds. The van der Waals surface area contributed by atoms with Crippen LogP contribution in [0.1, 0.15) is 43.4 Å². The Hall–Kier alpha value is -1.85. The monoisotopic (exact) mass is 359 g/mol. The summed E-state index contributed by atoms with van der Waals surface area (Å²) in [5.74, 6) is 1.29. The van der Waals surface area contributed by atoms with Gasteiger partial charge < -0.3 is 15.4 Å². The first-order valence-electron chi connectivity index (χ1n) is 8.74. The van der Waals surface area contributed by atoms with E-state index in [0.717, 1.165) is 19.0 Å². The fraction of sp³-hybridized carbons (Fsp3) is 0.450. The second-order valence-corrected chi connectivity index (χ2v) is 7.22. The van der Waals surface area contributed by atoms with E-state index in [1.54, 1.807) is 18.4 Å². The second-order valence-electron chi connectivity index (χ2n) is 6.44. The summed E-state index contributed by atoms with van der Waals surface area (Å²) in [5.41, 5.74) is 3.79. The van der Waals surface area contributed by atoms with Crippen LogP contribution in [0, 0.1) is 0 Å². The van der Waals surface area contributed by atoms with Crippen molar-refractivity contribution in [2.24, 2.45) is 4.99 Å². The molecule has 5 heteroatoms. The minimum Gasteiger partial charge on any atom is -0.374 e. The van der Waals surface area contributed by atoms with Gasteiger partial charge in [0.15, 0.2) is 5.96 Å². The average molecular weight is 360 g/mol. The Morgan fingerprint density at radius 2 is 1.80 bits per heavy atom. The zero-order chi connectivity index (χ0) is 18.1. The Labute approximate surface area is 155 Å². The Morgan fingerprint density at radius 3 is 2.40 bits per heavy atom. The van der Waals surface area contributed by atoms with Gasteiger partial charge in [0.2, 0.25) is 0 Å². The van der Waals surface area contributed by atoms with E-state index in [1.807, 2.05) is 0 Å². The first-order chi connectivity index (χ1) is 12.1. The highest BCUT2D eigenvalue weighted by molar-refractivity contribution is 7.07. The van der Waals surface area contributed by atoms with Crippen LogP contribution in [0.5, 0.6) is 0 Å². The van der Waals surface area contributed by atoms with Crippen LogP contribution in [0.4, 0.5) is 0 Å². The summed E-state index contributed by atoms with van der Waals surface area (Å²) in [6.07, 6.45) is 0.257. The topological polar surface area (TPSA) is 45.7 Å². The van der Waals surface area contributed by atoms with Crippen LogP contribution in [-0.2, 0) is 17.9 Å². The fourth-order valence-electron chi connectivity index (χ4n) is 2.35. The lowest BCUT2D eigenvalue weighted by atomic mass is 10.1. The number of rotatable bonds is 8. The third-order valence-electron chi connectivity index (χ3n) is 3.98. The van der Waals surface area contributed by atoms with Crippen LogP contribution < -0.4 is 10.6 Å². The predicted octanol–water partition coefficient (Wildman–Crippen LogP) is 4.14. The van der Waals surface area contributed by atoms with E-state index in [0.29, 0.717) is 12.5 Å². The van der Waals surface area contributed by atoms with Crippen molar-refractivity contribution in [1.82, 2.24) is 10.6 Å². The molecule has 1 heterocycles. The van der Waals surface area contributed by atoms with Gasteiger partial charge in [0.25, 0.3) is 0 Å². The molecule has 136 valence electrons. The standard InChI is InChI=1S/C20H29N3OS/c1-15(2)24-13-18-7-5-17(6-8-18)12-23-20(21-4)22-11-16(3)19-9-10-25-14-19/h5-10,14-16H,11-13H2,1-4H3,(H2,21,22,23). The molecule has 25 heavy (non-hydrogen) atoms. The van der Waals surface area contributed by atoms with Gasteiger partial charge >= 0.3 is 0 Å². The van der Waals surface area contributed by atoms with Crippen molar-refractivity contribution in [2.45, 2.75) is 45.9 Å². The lowest BCUT2D eigenvalue weighted by Crippen LogP contribution is -2.38. The Balaban J connectivity index is 1.76. The van der Waals surface area contributed by atoms with Crippen molar-refractivity contribution >= 4 is 17.3 Å². The smallest absolute Gasteiger partial charge is 0.191 e. The number of ether oxygens (including phenoxy) is 1. The third-order valence-corrected chi connectivity index (χ3v) is 4.68. The molecule has 1 unspecified atom stereocenters. The SMILES string of the molecule is CN=C(NCc1ccc(COC(C)C)cc1)NCC(C)c1ccsc1. The molecule has 0 saturated heterocycles. The molecule has 0 spiro atoms. The molecular weight excluding hydrogens is 330 g/mol. The number of benzene rings is 1. The second kappa shape index (κ2) is 10.2. The molecule has 0 saturated carbocycles. The molecular formula is C20H29N3OS. The maximum atomic E-state index is 5.62.